The molecule has 0 bridgehead atoms. The number of hydrogen-bond acceptors (Lipinski definition) is 2. The standard InChI is InChI=1S/C24H16BrN3/c25-20-11-9-17(10-12-20)16-5-7-18(8-6-16)23-14-26-15-24(28-23)22-13-19-3-1-2-4-21(19)27-22/h1-15,27H. The molecule has 3 aromatic carbocycles. The third kappa shape index (κ3) is 3.23. The number of H-pyrrole nitrogens is 1. The molecule has 5 rings (SSSR count). The largest absolute Gasteiger partial charge is 0.353 e. The average molecular weight is 426 g/mol. The molecule has 134 valence electrons. The first-order chi connectivity index (χ1) is 13.8. The summed E-state index contributed by atoms with van der Waals surface area (Å²) < 4.78 is 1.08. The van der Waals surface area contributed by atoms with Crippen LogP contribution in [0.4, 0.5) is 0 Å². The third-order valence-electron chi connectivity index (χ3n) is 4.80. The van der Waals surface area contributed by atoms with Crippen LogP contribution in [0.5, 0.6) is 0 Å². The lowest BCUT2D eigenvalue weighted by molar-refractivity contribution is 1.20. The number of hydrogen-bond donors (Lipinski definition) is 1. The van der Waals surface area contributed by atoms with E-state index >= 15 is 0 Å². The summed E-state index contributed by atoms with van der Waals surface area (Å²) in [7, 11) is 0. The van der Waals surface area contributed by atoms with Gasteiger partial charge in [0.2, 0.25) is 0 Å². The molecule has 2 heterocycles. The molecule has 0 atom stereocenters. The van der Waals surface area contributed by atoms with E-state index in [1.807, 2.05) is 12.1 Å². The number of nitrogens with one attached hydrogen (secondary N) is 1. The van der Waals surface area contributed by atoms with E-state index < -0.39 is 0 Å². The molecule has 0 aliphatic rings. The highest BCUT2D eigenvalue weighted by atomic mass is 79.9. The minimum atomic E-state index is 0.839. The molecule has 0 aliphatic carbocycles. The lowest BCUT2D eigenvalue weighted by atomic mass is 10.0. The van der Waals surface area contributed by atoms with Crippen LogP contribution in [0, 0.1) is 0 Å². The average Bonchev–Trinajstić information content (AvgIpc) is 3.19. The number of halogens is 1. The summed E-state index contributed by atoms with van der Waals surface area (Å²) in [4.78, 5) is 12.7. The third-order valence-corrected chi connectivity index (χ3v) is 5.33. The maximum absolute atomic E-state index is 4.82. The molecule has 0 saturated heterocycles. The van der Waals surface area contributed by atoms with Crippen molar-refractivity contribution in [3.8, 4) is 33.8 Å². The van der Waals surface area contributed by atoms with E-state index in [4.69, 9.17) is 4.98 Å². The van der Waals surface area contributed by atoms with Crippen molar-refractivity contribution in [3.63, 3.8) is 0 Å². The quantitative estimate of drug-likeness (QED) is 0.348. The number of fused-ring (bicyclic) bond motifs is 1. The van der Waals surface area contributed by atoms with Crippen molar-refractivity contribution >= 4 is 26.8 Å². The van der Waals surface area contributed by atoms with Crippen molar-refractivity contribution in [1.29, 1.82) is 0 Å². The molecule has 28 heavy (non-hydrogen) atoms. The Bertz CT molecular complexity index is 1220. The molecule has 0 unspecified atom stereocenters. The normalized spacial score (nSPS) is 11.0. The van der Waals surface area contributed by atoms with Gasteiger partial charge in [-0.25, -0.2) is 4.98 Å². The van der Waals surface area contributed by atoms with E-state index in [9.17, 15) is 0 Å². The summed E-state index contributed by atoms with van der Waals surface area (Å²) in [5.41, 5.74) is 7.18. The topological polar surface area (TPSA) is 41.6 Å². The predicted octanol–water partition coefficient (Wildman–Crippen LogP) is 6.72. The lowest BCUT2D eigenvalue weighted by Crippen LogP contribution is -1.90. The fraction of sp³-hybridized carbons (Fsp3) is 0. The first kappa shape index (κ1) is 16.9. The number of aromatic amines is 1. The van der Waals surface area contributed by atoms with E-state index in [0.29, 0.717) is 0 Å². The Balaban J connectivity index is 1.48. The summed E-state index contributed by atoms with van der Waals surface area (Å²) in [5, 5.41) is 1.17. The van der Waals surface area contributed by atoms with Crippen molar-refractivity contribution in [1.82, 2.24) is 15.0 Å². The zero-order chi connectivity index (χ0) is 18.9. The molecule has 5 aromatic rings. The molecule has 1 N–H and O–H groups in total. The summed E-state index contributed by atoms with van der Waals surface area (Å²) in [6.07, 6.45) is 3.60. The second-order valence-corrected chi connectivity index (χ2v) is 7.56. The van der Waals surface area contributed by atoms with Gasteiger partial charge in [0.15, 0.2) is 0 Å². The molecule has 0 amide bonds. The molecule has 0 spiro atoms. The van der Waals surface area contributed by atoms with Crippen molar-refractivity contribution in [2.24, 2.45) is 0 Å². The van der Waals surface area contributed by atoms with Crippen LogP contribution in [0.2, 0.25) is 0 Å². The maximum Gasteiger partial charge on any atom is 0.105 e. The number of benzene rings is 3. The molecule has 0 saturated carbocycles. The number of rotatable bonds is 3. The Kier molecular flexibility index (Phi) is 4.26. The zero-order valence-electron chi connectivity index (χ0n) is 14.9. The van der Waals surface area contributed by atoms with Gasteiger partial charge in [0, 0.05) is 20.9 Å². The fourth-order valence-electron chi connectivity index (χ4n) is 3.32. The van der Waals surface area contributed by atoms with Gasteiger partial charge < -0.3 is 4.98 Å². The number of aromatic nitrogens is 3. The fourth-order valence-corrected chi connectivity index (χ4v) is 3.59. The summed E-state index contributed by atoms with van der Waals surface area (Å²) in [6.45, 7) is 0. The molecule has 0 aliphatic heterocycles. The summed E-state index contributed by atoms with van der Waals surface area (Å²) in [5.74, 6) is 0. The Morgan fingerprint density at radius 1 is 0.679 bits per heavy atom. The van der Waals surface area contributed by atoms with Crippen LogP contribution in [0.3, 0.4) is 0 Å². The van der Waals surface area contributed by atoms with Gasteiger partial charge in [-0.1, -0.05) is 70.5 Å². The zero-order valence-corrected chi connectivity index (χ0v) is 16.5. The van der Waals surface area contributed by atoms with E-state index in [1.54, 1.807) is 12.4 Å². The molecule has 2 aromatic heterocycles. The van der Waals surface area contributed by atoms with Crippen molar-refractivity contribution in [2.45, 2.75) is 0 Å². The van der Waals surface area contributed by atoms with Gasteiger partial charge in [0.25, 0.3) is 0 Å². The molecule has 4 heteroatoms. The second-order valence-electron chi connectivity index (χ2n) is 6.64. The van der Waals surface area contributed by atoms with Gasteiger partial charge in [-0.3, -0.25) is 4.98 Å². The minimum Gasteiger partial charge on any atom is -0.353 e. The summed E-state index contributed by atoms with van der Waals surface area (Å²) >= 11 is 3.48. The van der Waals surface area contributed by atoms with Gasteiger partial charge in [-0.15, -0.1) is 0 Å². The van der Waals surface area contributed by atoms with E-state index in [-0.39, 0.29) is 0 Å². The number of nitrogens with zero attached hydrogens (tertiary/aromatic N) is 2. The van der Waals surface area contributed by atoms with Crippen molar-refractivity contribution < 1.29 is 0 Å². The minimum absolute atomic E-state index is 0.839. The Morgan fingerprint density at radius 2 is 1.32 bits per heavy atom. The van der Waals surface area contributed by atoms with Crippen molar-refractivity contribution in [3.05, 3.63) is 95.7 Å². The highest BCUT2D eigenvalue weighted by molar-refractivity contribution is 9.10. The molecule has 3 nitrogen and oxygen atoms in total. The Hall–Kier alpha value is -3.24. The SMILES string of the molecule is Brc1ccc(-c2ccc(-c3cncc(-c4cc5ccccc5[nH]4)n3)cc2)cc1. The number of para-hydroxylation sites is 1. The maximum atomic E-state index is 4.82. The first-order valence-electron chi connectivity index (χ1n) is 9.03. The van der Waals surface area contributed by atoms with Crippen LogP contribution < -0.4 is 0 Å². The van der Waals surface area contributed by atoms with Gasteiger partial charge in [-0.05, 0) is 35.4 Å². The van der Waals surface area contributed by atoms with Gasteiger partial charge in [0.05, 0.1) is 23.8 Å². The van der Waals surface area contributed by atoms with Gasteiger partial charge >= 0.3 is 0 Å². The lowest BCUT2D eigenvalue weighted by Gasteiger charge is -2.06. The van der Waals surface area contributed by atoms with Crippen LogP contribution >= 0.6 is 15.9 Å². The highest BCUT2D eigenvalue weighted by Crippen LogP contribution is 2.27. The van der Waals surface area contributed by atoms with Gasteiger partial charge in [0.1, 0.15) is 5.69 Å². The monoisotopic (exact) mass is 425 g/mol. The smallest absolute Gasteiger partial charge is 0.105 e. The van der Waals surface area contributed by atoms with E-state index in [1.165, 1.54) is 16.5 Å². The van der Waals surface area contributed by atoms with Crippen LogP contribution in [0.25, 0.3) is 44.7 Å². The predicted molar refractivity (Wildman–Crippen MR) is 118 cm³/mol. The Labute approximate surface area is 171 Å². The van der Waals surface area contributed by atoms with Crippen LogP contribution in [0.15, 0.2) is 95.7 Å². The van der Waals surface area contributed by atoms with Crippen molar-refractivity contribution in [2.75, 3.05) is 0 Å². The highest BCUT2D eigenvalue weighted by Gasteiger charge is 2.08. The van der Waals surface area contributed by atoms with Crippen LogP contribution in [-0.2, 0) is 0 Å². The summed E-state index contributed by atoms with van der Waals surface area (Å²) in [6, 6.07) is 27.1. The van der Waals surface area contributed by atoms with Crippen LogP contribution in [-0.4, -0.2) is 15.0 Å². The molecular formula is C24H16BrN3. The van der Waals surface area contributed by atoms with E-state index in [2.05, 4.69) is 92.6 Å². The molecular weight excluding hydrogens is 410 g/mol. The molecule has 0 fully saturated rings. The first-order valence-corrected chi connectivity index (χ1v) is 9.82. The molecule has 0 radical (unpaired) electrons. The Morgan fingerprint density at radius 3 is 2.07 bits per heavy atom. The second kappa shape index (κ2) is 7.06. The van der Waals surface area contributed by atoms with E-state index in [0.717, 1.165) is 32.6 Å². The van der Waals surface area contributed by atoms with Crippen LogP contribution in [0.1, 0.15) is 0 Å². The van der Waals surface area contributed by atoms with Gasteiger partial charge in [-0.2, -0.15) is 0 Å².